The van der Waals surface area contributed by atoms with Crippen LogP contribution in [0.1, 0.15) is 18.5 Å². The number of anilines is 1. The number of rotatable bonds is 6. The lowest BCUT2D eigenvalue weighted by molar-refractivity contribution is 0.402. The molecule has 1 N–H and O–H groups in total. The average Bonchev–Trinajstić information content (AvgIpc) is 2.67. The molecule has 1 aliphatic rings. The molecule has 1 aromatic carbocycles. The van der Waals surface area contributed by atoms with E-state index in [0.29, 0.717) is 18.2 Å². The molecule has 27 heavy (non-hydrogen) atoms. The summed E-state index contributed by atoms with van der Waals surface area (Å²) in [6.07, 6.45) is 3.70. The molecule has 1 saturated heterocycles. The van der Waals surface area contributed by atoms with Crippen LogP contribution in [0.3, 0.4) is 0 Å². The van der Waals surface area contributed by atoms with Crippen molar-refractivity contribution in [3.8, 4) is 5.75 Å². The number of nitrogens with zero attached hydrogens (tertiary/aromatic N) is 2. The van der Waals surface area contributed by atoms with Crippen molar-refractivity contribution >= 4 is 27.3 Å². The van der Waals surface area contributed by atoms with Gasteiger partial charge in [-0.1, -0.05) is 11.6 Å². The first kappa shape index (κ1) is 19.9. The second kappa shape index (κ2) is 8.46. The molecular formula is C19H24ClN3O3S. The maximum absolute atomic E-state index is 12.5. The lowest BCUT2D eigenvalue weighted by Gasteiger charge is -2.33. The molecule has 0 amide bonds. The molecule has 1 aromatic heterocycles. The van der Waals surface area contributed by atoms with Gasteiger partial charge in [-0.25, -0.2) is 13.1 Å². The van der Waals surface area contributed by atoms with Gasteiger partial charge in [0.25, 0.3) is 0 Å². The van der Waals surface area contributed by atoms with Gasteiger partial charge < -0.3 is 9.64 Å². The maximum atomic E-state index is 12.5. The summed E-state index contributed by atoms with van der Waals surface area (Å²) in [7, 11) is -2.10. The second-order valence-electron chi connectivity index (χ2n) is 6.73. The van der Waals surface area contributed by atoms with Crippen LogP contribution in [-0.4, -0.2) is 40.1 Å². The topological polar surface area (TPSA) is 71.5 Å². The third kappa shape index (κ3) is 4.91. The largest absolute Gasteiger partial charge is 0.495 e. The smallest absolute Gasteiger partial charge is 0.240 e. The fourth-order valence-electron chi connectivity index (χ4n) is 3.25. The fourth-order valence-corrected chi connectivity index (χ4v) is 4.71. The molecule has 8 heteroatoms. The van der Waals surface area contributed by atoms with E-state index in [1.54, 1.807) is 6.07 Å². The summed E-state index contributed by atoms with van der Waals surface area (Å²) in [5.41, 5.74) is 2.18. The van der Waals surface area contributed by atoms with Crippen molar-refractivity contribution in [2.45, 2.75) is 24.7 Å². The average molecular weight is 410 g/mol. The number of aryl methyl sites for hydroxylation is 1. The summed E-state index contributed by atoms with van der Waals surface area (Å²) in [5.74, 6) is 0.766. The highest BCUT2D eigenvalue weighted by Crippen LogP contribution is 2.27. The number of halogens is 1. The van der Waals surface area contributed by atoms with Gasteiger partial charge in [0.15, 0.2) is 0 Å². The minimum absolute atomic E-state index is 0.151. The molecule has 0 aliphatic carbocycles. The Morgan fingerprint density at radius 3 is 2.63 bits per heavy atom. The second-order valence-corrected chi connectivity index (χ2v) is 8.91. The Hall–Kier alpha value is -1.83. The predicted octanol–water partition coefficient (Wildman–Crippen LogP) is 3.25. The van der Waals surface area contributed by atoms with Crippen LogP contribution in [0.5, 0.6) is 5.75 Å². The summed E-state index contributed by atoms with van der Waals surface area (Å²) in [6, 6.07) is 8.57. The van der Waals surface area contributed by atoms with E-state index >= 15 is 0 Å². The van der Waals surface area contributed by atoms with Gasteiger partial charge in [0.2, 0.25) is 10.0 Å². The van der Waals surface area contributed by atoms with E-state index in [9.17, 15) is 8.42 Å². The van der Waals surface area contributed by atoms with Crippen LogP contribution in [0.25, 0.3) is 0 Å². The Balaban J connectivity index is 1.55. The number of pyridine rings is 1. The number of hydrogen-bond donors (Lipinski definition) is 1. The zero-order valence-electron chi connectivity index (χ0n) is 15.5. The van der Waals surface area contributed by atoms with Crippen LogP contribution >= 0.6 is 11.6 Å². The minimum atomic E-state index is -3.59. The number of piperidine rings is 1. The summed E-state index contributed by atoms with van der Waals surface area (Å²) in [5, 5.41) is 0.279. The Bertz CT molecular complexity index is 897. The van der Waals surface area contributed by atoms with Crippen LogP contribution < -0.4 is 14.4 Å². The number of nitrogens with one attached hydrogen (secondary N) is 1. The first-order valence-electron chi connectivity index (χ1n) is 8.90. The zero-order chi connectivity index (χ0) is 19.4. The molecule has 1 fully saturated rings. The van der Waals surface area contributed by atoms with E-state index in [1.807, 2.05) is 19.2 Å². The van der Waals surface area contributed by atoms with Crippen molar-refractivity contribution in [3.63, 3.8) is 0 Å². The summed E-state index contributed by atoms with van der Waals surface area (Å²) < 4.78 is 32.8. The van der Waals surface area contributed by atoms with Crippen molar-refractivity contribution in [3.05, 3.63) is 47.2 Å². The zero-order valence-corrected chi connectivity index (χ0v) is 17.1. The first-order chi connectivity index (χ1) is 12.9. The van der Waals surface area contributed by atoms with Crippen LogP contribution in [0, 0.1) is 12.8 Å². The van der Waals surface area contributed by atoms with E-state index in [-0.39, 0.29) is 9.92 Å². The molecule has 1 aliphatic heterocycles. The molecule has 146 valence electrons. The highest BCUT2D eigenvalue weighted by atomic mass is 35.5. The molecule has 0 bridgehead atoms. The summed E-state index contributed by atoms with van der Waals surface area (Å²) in [4.78, 5) is 6.70. The minimum Gasteiger partial charge on any atom is -0.495 e. The Kier molecular flexibility index (Phi) is 6.24. The monoisotopic (exact) mass is 409 g/mol. The van der Waals surface area contributed by atoms with Gasteiger partial charge in [0.05, 0.1) is 17.0 Å². The Labute approximate surface area is 165 Å². The fraction of sp³-hybridized carbons (Fsp3) is 0.421. The quantitative estimate of drug-likeness (QED) is 0.792. The Morgan fingerprint density at radius 2 is 2.00 bits per heavy atom. The van der Waals surface area contributed by atoms with E-state index in [2.05, 4.69) is 20.7 Å². The van der Waals surface area contributed by atoms with Gasteiger partial charge >= 0.3 is 0 Å². The number of sulfonamides is 1. The number of ether oxygens (including phenoxy) is 1. The number of benzene rings is 1. The van der Waals surface area contributed by atoms with Gasteiger partial charge in [-0.3, -0.25) is 4.98 Å². The van der Waals surface area contributed by atoms with E-state index in [4.69, 9.17) is 16.3 Å². The maximum Gasteiger partial charge on any atom is 0.240 e. The number of aromatic nitrogens is 1. The molecule has 0 saturated carbocycles. The molecule has 2 heterocycles. The van der Waals surface area contributed by atoms with E-state index in [1.165, 1.54) is 24.9 Å². The molecule has 0 atom stereocenters. The molecule has 0 unspecified atom stereocenters. The molecule has 0 radical (unpaired) electrons. The lowest BCUT2D eigenvalue weighted by Crippen LogP contribution is -2.38. The summed E-state index contributed by atoms with van der Waals surface area (Å²) in [6.45, 7) is 4.22. The number of methoxy groups -OCH3 is 1. The molecule has 3 rings (SSSR count). The third-order valence-electron chi connectivity index (χ3n) is 4.86. The van der Waals surface area contributed by atoms with Gasteiger partial charge in [0.1, 0.15) is 5.75 Å². The Morgan fingerprint density at radius 1 is 1.26 bits per heavy atom. The van der Waals surface area contributed by atoms with Crippen molar-refractivity contribution < 1.29 is 13.2 Å². The van der Waals surface area contributed by atoms with Crippen molar-refractivity contribution in [2.75, 3.05) is 31.6 Å². The van der Waals surface area contributed by atoms with E-state index < -0.39 is 10.0 Å². The van der Waals surface area contributed by atoms with Gasteiger partial charge in [0, 0.05) is 37.2 Å². The van der Waals surface area contributed by atoms with Gasteiger partial charge in [-0.2, -0.15) is 0 Å². The van der Waals surface area contributed by atoms with Crippen LogP contribution in [-0.2, 0) is 10.0 Å². The standard InChI is InChI=1S/C19H24ClN3O3S/c1-14-11-16(5-8-21-14)23-9-6-15(7-10-23)13-22-27(24,25)17-3-4-19(26-2)18(20)12-17/h3-5,8,11-12,15,22H,6-7,9-10,13H2,1-2H3. The molecule has 0 spiro atoms. The van der Waals surface area contributed by atoms with Crippen molar-refractivity contribution in [1.29, 1.82) is 0 Å². The van der Waals surface area contributed by atoms with Crippen molar-refractivity contribution in [1.82, 2.24) is 9.71 Å². The first-order valence-corrected chi connectivity index (χ1v) is 10.8. The lowest BCUT2D eigenvalue weighted by atomic mass is 9.97. The third-order valence-corrected chi connectivity index (χ3v) is 6.57. The summed E-state index contributed by atoms with van der Waals surface area (Å²) >= 11 is 6.04. The van der Waals surface area contributed by atoms with Gasteiger partial charge in [-0.05, 0) is 56.0 Å². The van der Waals surface area contributed by atoms with Crippen LogP contribution in [0.2, 0.25) is 5.02 Å². The van der Waals surface area contributed by atoms with Gasteiger partial charge in [-0.15, -0.1) is 0 Å². The number of hydrogen-bond acceptors (Lipinski definition) is 5. The van der Waals surface area contributed by atoms with Crippen LogP contribution in [0.15, 0.2) is 41.4 Å². The molecule has 6 nitrogen and oxygen atoms in total. The highest BCUT2D eigenvalue weighted by Gasteiger charge is 2.22. The predicted molar refractivity (Wildman–Crippen MR) is 107 cm³/mol. The van der Waals surface area contributed by atoms with Crippen LogP contribution in [0.4, 0.5) is 5.69 Å². The normalized spacial score (nSPS) is 15.7. The SMILES string of the molecule is COc1ccc(S(=O)(=O)NCC2CCN(c3ccnc(C)c3)CC2)cc1Cl. The highest BCUT2D eigenvalue weighted by molar-refractivity contribution is 7.89. The molecule has 2 aromatic rings. The molecular weight excluding hydrogens is 386 g/mol. The van der Waals surface area contributed by atoms with E-state index in [0.717, 1.165) is 31.6 Å². The van der Waals surface area contributed by atoms with Crippen molar-refractivity contribution in [2.24, 2.45) is 5.92 Å².